The van der Waals surface area contributed by atoms with E-state index in [-0.39, 0.29) is 0 Å². The van der Waals surface area contributed by atoms with Gasteiger partial charge in [-0.05, 0) is 33.3 Å². The third-order valence-electron chi connectivity index (χ3n) is 8.99. The van der Waals surface area contributed by atoms with E-state index >= 15 is 0 Å². The Bertz CT molecular complexity index is 1670. The molecule has 6 rings (SSSR count). The first-order valence-corrected chi connectivity index (χ1v) is 19.8. The SMILES string of the molecule is COc1ccc([Si@](C)(c2ccccc2)[Si@@](C)(c2ccccc2)c2ccc(OC)c3ccccc23)c2ccccc12. The highest BCUT2D eigenvalue weighted by Crippen LogP contribution is 2.32. The summed E-state index contributed by atoms with van der Waals surface area (Å²) in [5.41, 5.74) is 0. The quantitative estimate of drug-likeness (QED) is 0.220. The average Bonchev–Trinajstić information content (AvgIpc) is 3.03. The number of methoxy groups -OCH3 is 2. The van der Waals surface area contributed by atoms with Gasteiger partial charge in [-0.25, -0.2) is 0 Å². The van der Waals surface area contributed by atoms with Gasteiger partial charge in [0.05, 0.1) is 14.2 Å². The van der Waals surface area contributed by atoms with Crippen molar-refractivity contribution in [2.24, 2.45) is 0 Å². The number of benzene rings is 6. The van der Waals surface area contributed by atoms with Crippen LogP contribution in [0.15, 0.2) is 133 Å². The molecule has 0 amide bonds. The monoisotopic (exact) mass is 554 g/mol. The minimum atomic E-state index is -2.54. The molecule has 0 heterocycles. The standard InChI is InChI=1S/C36H34O2Si2/c1-37-33-23-25-35(31-21-13-11-19-29(31)33)39(3,27-15-7-5-8-16-27)40(4,28-17-9-6-10-18-28)36-26-24-34(38-2)30-20-12-14-22-32(30)36/h5-26H,1-4H3/t39-,40-/m0/s1. The maximum absolute atomic E-state index is 5.85. The number of hydrogen-bond donors (Lipinski definition) is 0. The molecule has 0 aromatic heterocycles. The molecular weight excluding hydrogens is 521 g/mol. The van der Waals surface area contributed by atoms with Gasteiger partial charge in [-0.3, -0.25) is 0 Å². The van der Waals surface area contributed by atoms with E-state index in [1.165, 1.54) is 42.3 Å². The van der Waals surface area contributed by atoms with Crippen molar-refractivity contribution in [3.8, 4) is 11.5 Å². The molecule has 6 aromatic rings. The molecule has 2 atom stereocenters. The van der Waals surface area contributed by atoms with Crippen LogP contribution in [0.3, 0.4) is 0 Å². The predicted molar refractivity (Wildman–Crippen MR) is 176 cm³/mol. The summed E-state index contributed by atoms with van der Waals surface area (Å²) in [6, 6.07) is 49.1. The van der Waals surface area contributed by atoms with Gasteiger partial charge in [0.2, 0.25) is 0 Å². The van der Waals surface area contributed by atoms with Crippen LogP contribution in [-0.2, 0) is 0 Å². The normalized spacial score (nSPS) is 14.4. The highest BCUT2D eigenvalue weighted by Gasteiger charge is 2.54. The molecule has 0 spiro atoms. The van der Waals surface area contributed by atoms with Gasteiger partial charge >= 0.3 is 0 Å². The van der Waals surface area contributed by atoms with E-state index in [0.717, 1.165) is 11.5 Å². The van der Waals surface area contributed by atoms with Gasteiger partial charge in [-0.15, -0.1) is 0 Å². The second-order valence-electron chi connectivity index (χ2n) is 10.7. The lowest BCUT2D eigenvalue weighted by Crippen LogP contribution is -2.83. The number of ether oxygens (including phenoxy) is 2. The van der Waals surface area contributed by atoms with E-state index in [9.17, 15) is 0 Å². The van der Waals surface area contributed by atoms with E-state index in [0.29, 0.717) is 0 Å². The molecule has 0 aliphatic carbocycles. The van der Waals surface area contributed by atoms with Gasteiger partial charge < -0.3 is 9.47 Å². The minimum Gasteiger partial charge on any atom is -0.496 e. The average molecular weight is 555 g/mol. The van der Waals surface area contributed by atoms with Crippen molar-refractivity contribution in [3.05, 3.63) is 133 Å². The number of rotatable bonds is 7. The third kappa shape index (κ3) is 3.90. The lowest BCUT2D eigenvalue weighted by Gasteiger charge is -2.46. The summed E-state index contributed by atoms with van der Waals surface area (Å²) >= 11 is 0. The zero-order valence-electron chi connectivity index (χ0n) is 23.5. The molecule has 0 saturated heterocycles. The van der Waals surface area contributed by atoms with Crippen molar-refractivity contribution in [2.75, 3.05) is 14.2 Å². The molecule has 4 heteroatoms. The molecule has 0 unspecified atom stereocenters. The van der Waals surface area contributed by atoms with Crippen molar-refractivity contribution in [1.82, 2.24) is 0 Å². The maximum atomic E-state index is 5.85. The molecule has 2 nitrogen and oxygen atoms in total. The second-order valence-corrected chi connectivity index (χ2v) is 23.4. The highest BCUT2D eigenvalue weighted by molar-refractivity contribution is 7.59. The van der Waals surface area contributed by atoms with Gasteiger partial charge in [0.15, 0.2) is 0 Å². The maximum Gasteiger partial charge on any atom is 0.126 e. The van der Waals surface area contributed by atoms with Crippen LogP contribution in [0.25, 0.3) is 21.5 Å². The Morgan fingerprint density at radius 1 is 0.375 bits per heavy atom. The largest absolute Gasteiger partial charge is 0.496 e. The van der Waals surface area contributed by atoms with Gasteiger partial charge in [-0.2, -0.15) is 0 Å². The third-order valence-corrected chi connectivity index (χ3v) is 26.3. The van der Waals surface area contributed by atoms with Crippen LogP contribution in [-0.4, -0.2) is 29.4 Å². The minimum absolute atomic E-state index is 0.918. The Morgan fingerprint density at radius 3 is 1.05 bits per heavy atom. The van der Waals surface area contributed by atoms with E-state index in [1.807, 2.05) is 0 Å². The van der Waals surface area contributed by atoms with E-state index in [4.69, 9.17) is 9.47 Å². The lowest BCUT2D eigenvalue weighted by atomic mass is 10.1. The summed E-state index contributed by atoms with van der Waals surface area (Å²) in [5, 5.41) is 10.7. The summed E-state index contributed by atoms with van der Waals surface area (Å²) < 4.78 is 11.7. The zero-order valence-corrected chi connectivity index (χ0v) is 25.5. The first-order chi connectivity index (χ1) is 19.5. The summed E-state index contributed by atoms with van der Waals surface area (Å²) in [5.74, 6) is 1.84. The molecule has 6 aromatic carbocycles. The molecule has 0 bridgehead atoms. The molecular formula is C36H34O2Si2. The lowest BCUT2D eigenvalue weighted by molar-refractivity contribution is 0.420. The summed E-state index contributed by atoms with van der Waals surface area (Å²) in [4.78, 5) is 0. The van der Waals surface area contributed by atoms with Crippen LogP contribution >= 0.6 is 0 Å². The fourth-order valence-corrected chi connectivity index (χ4v) is 22.7. The molecule has 0 N–H and O–H groups in total. The van der Waals surface area contributed by atoms with Crippen molar-refractivity contribution < 1.29 is 9.47 Å². The van der Waals surface area contributed by atoms with Gasteiger partial charge in [0.25, 0.3) is 0 Å². The number of hydrogen-bond acceptors (Lipinski definition) is 2. The summed E-state index contributed by atoms with van der Waals surface area (Å²) in [6.45, 7) is 5.21. The van der Waals surface area contributed by atoms with Crippen LogP contribution in [0.1, 0.15) is 0 Å². The van der Waals surface area contributed by atoms with Crippen LogP contribution < -0.4 is 30.2 Å². The molecule has 40 heavy (non-hydrogen) atoms. The topological polar surface area (TPSA) is 18.5 Å². The van der Waals surface area contributed by atoms with Crippen LogP contribution in [0, 0.1) is 0 Å². The Kier molecular flexibility index (Phi) is 6.82. The second kappa shape index (κ2) is 10.5. The summed E-state index contributed by atoms with van der Waals surface area (Å²) in [7, 11) is -1.55. The fraction of sp³-hybridized carbons (Fsp3) is 0.111. The van der Waals surface area contributed by atoms with Gasteiger partial charge in [-0.1, -0.05) is 145 Å². The first kappa shape index (κ1) is 26.1. The Morgan fingerprint density at radius 2 is 0.700 bits per heavy atom. The first-order valence-electron chi connectivity index (χ1n) is 13.8. The molecule has 0 saturated carbocycles. The Balaban J connectivity index is 1.81. The summed E-state index contributed by atoms with van der Waals surface area (Å²) in [6.07, 6.45) is 0. The molecule has 198 valence electrons. The number of fused-ring (bicyclic) bond motifs is 2. The van der Waals surface area contributed by atoms with Crippen molar-refractivity contribution in [2.45, 2.75) is 13.1 Å². The van der Waals surface area contributed by atoms with Crippen LogP contribution in [0.2, 0.25) is 13.1 Å². The molecule has 0 radical (unpaired) electrons. The Hall–Kier alpha value is -4.13. The fourth-order valence-electron chi connectivity index (χ4n) is 6.74. The molecule has 0 fully saturated rings. The van der Waals surface area contributed by atoms with E-state index in [1.54, 1.807) is 14.2 Å². The Labute approximate surface area is 238 Å². The van der Waals surface area contributed by atoms with Gasteiger partial charge in [0.1, 0.15) is 26.7 Å². The smallest absolute Gasteiger partial charge is 0.126 e. The van der Waals surface area contributed by atoms with Crippen LogP contribution in [0.4, 0.5) is 0 Å². The van der Waals surface area contributed by atoms with Crippen molar-refractivity contribution >= 4 is 57.5 Å². The van der Waals surface area contributed by atoms with Gasteiger partial charge in [0, 0.05) is 10.8 Å². The van der Waals surface area contributed by atoms with Crippen molar-refractivity contribution in [3.63, 3.8) is 0 Å². The molecule has 0 aliphatic rings. The van der Waals surface area contributed by atoms with Crippen LogP contribution in [0.5, 0.6) is 11.5 Å². The van der Waals surface area contributed by atoms with Crippen molar-refractivity contribution in [1.29, 1.82) is 0 Å². The predicted octanol–water partition coefficient (Wildman–Crippen LogP) is 6.17. The van der Waals surface area contributed by atoms with E-state index < -0.39 is 15.2 Å². The van der Waals surface area contributed by atoms with E-state index in [2.05, 4.69) is 147 Å². The molecule has 0 aliphatic heterocycles. The highest BCUT2D eigenvalue weighted by atomic mass is 29.3. The zero-order chi connectivity index (χ0) is 27.7.